The van der Waals surface area contributed by atoms with Crippen LogP contribution in [0.2, 0.25) is 0 Å². The number of hydrogen-bond donors (Lipinski definition) is 0. The van der Waals surface area contributed by atoms with Crippen molar-refractivity contribution in [1.29, 1.82) is 0 Å². The smallest absolute Gasteiger partial charge is 0.434 e. The van der Waals surface area contributed by atoms with Crippen LogP contribution in [-0.2, 0) is 36.9 Å². The largest absolute Gasteiger partial charge is 0.490 e. The van der Waals surface area contributed by atoms with Crippen molar-refractivity contribution in [3.05, 3.63) is 58.2 Å². The average Bonchev–Trinajstić information content (AvgIpc) is 3.47. The van der Waals surface area contributed by atoms with Crippen LogP contribution in [0.5, 0.6) is 5.75 Å². The lowest BCUT2D eigenvalue weighted by Gasteiger charge is -2.13. The van der Waals surface area contributed by atoms with E-state index in [0.717, 1.165) is 5.56 Å². The summed E-state index contributed by atoms with van der Waals surface area (Å²) in [5.74, 6) is -0.0358. The number of benzene rings is 1. The van der Waals surface area contributed by atoms with Gasteiger partial charge in [0.15, 0.2) is 0 Å². The van der Waals surface area contributed by atoms with Gasteiger partial charge in [0.25, 0.3) is 0 Å². The summed E-state index contributed by atoms with van der Waals surface area (Å²) in [5.41, 5.74) is 1.42. The van der Waals surface area contributed by atoms with E-state index >= 15 is 0 Å². The minimum absolute atomic E-state index is 0.0159. The van der Waals surface area contributed by atoms with E-state index in [2.05, 4.69) is 15.3 Å². The Morgan fingerprint density at radius 3 is 2.61 bits per heavy atom. The molecule has 36 heavy (non-hydrogen) atoms. The van der Waals surface area contributed by atoms with Crippen molar-refractivity contribution in [3.63, 3.8) is 0 Å². The van der Waals surface area contributed by atoms with Gasteiger partial charge in [-0.05, 0) is 36.5 Å². The first kappa shape index (κ1) is 27.2. The molecule has 0 aliphatic rings. The maximum atomic E-state index is 12.2. The highest BCUT2D eigenvalue weighted by molar-refractivity contribution is 7.86. The molecule has 0 atom stereocenters. The molecule has 15 heteroatoms. The molecule has 0 fully saturated rings. The van der Waals surface area contributed by atoms with Gasteiger partial charge in [-0.25, -0.2) is 9.25 Å². The minimum Gasteiger partial charge on any atom is -0.490 e. The number of nitro groups is 1. The summed E-state index contributed by atoms with van der Waals surface area (Å²) in [7, 11) is -3.88. The van der Waals surface area contributed by atoms with Crippen molar-refractivity contribution in [1.82, 2.24) is 24.5 Å². The van der Waals surface area contributed by atoms with Gasteiger partial charge >= 0.3 is 16.1 Å². The molecule has 1 aromatic carbocycles. The minimum atomic E-state index is -3.88. The zero-order valence-corrected chi connectivity index (χ0v) is 20.8. The number of rotatable bonds is 16. The third kappa shape index (κ3) is 7.81. The SMILES string of the molecule is CCOS(=O)(=O)c1ccc(C)cc1OCCOCCOCCn1cc(Cn2ccnc2[N+](=O)[O-])nn1. The average molecular weight is 525 g/mol. The monoisotopic (exact) mass is 524 g/mol. The Hall–Kier alpha value is -3.40. The number of aromatic nitrogens is 5. The summed E-state index contributed by atoms with van der Waals surface area (Å²) in [5, 5.41) is 18.9. The Balaban J connectivity index is 1.31. The highest BCUT2D eigenvalue weighted by atomic mass is 32.2. The Bertz CT molecular complexity index is 1240. The predicted octanol–water partition coefficient (Wildman–Crippen LogP) is 1.58. The van der Waals surface area contributed by atoms with Crippen LogP contribution in [0.15, 0.2) is 41.7 Å². The van der Waals surface area contributed by atoms with Gasteiger partial charge in [0, 0.05) is 0 Å². The number of ether oxygens (including phenoxy) is 3. The molecule has 0 aliphatic heterocycles. The molecule has 0 N–H and O–H groups in total. The second-order valence-electron chi connectivity index (χ2n) is 7.47. The van der Waals surface area contributed by atoms with Gasteiger partial charge in [0.2, 0.25) is 0 Å². The molecule has 196 valence electrons. The molecule has 0 aliphatic carbocycles. The summed E-state index contributed by atoms with van der Waals surface area (Å²) in [6.45, 7) is 5.57. The molecule has 0 saturated carbocycles. The Kier molecular flexibility index (Phi) is 9.86. The third-order valence-electron chi connectivity index (χ3n) is 4.74. The molecular weight excluding hydrogens is 496 g/mol. The number of nitrogens with zero attached hydrogens (tertiary/aromatic N) is 6. The van der Waals surface area contributed by atoms with E-state index in [1.54, 1.807) is 29.9 Å². The van der Waals surface area contributed by atoms with Gasteiger partial charge in [0.1, 0.15) is 41.9 Å². The highest BCUT2D eigenvalue weighted by Crippen LogP contribution is 2.26. The third-order valence-corrected chi connectivity index (χ3v) is 6.16. The molecule has 0 radical (unpaired) electrons. The Labute approximate surface area is 208 Å². The quantitative estimate of drug-likeness (QED) is 0.116. The van der Waals surface area contributed by atoms with E-state index in [-0.39, 0.29) is 43.0 Å². The fourth-order valence-electron chi connectivity index (χ4n) is 3.14. The van der Waals surface area contributed by atoms with Crippen molar-refractivity contribution >= 4 is 16.1 Å². The van der Waals surface area contributed by atoms with Crippen molar-refractivity contribution in [3.8, 4) is 5.75 Å². The molecule has 0 unspecified atom stereocenters. The predicted molar refractivity (Wildman–Crippen MR) is 125 cm³/mol. The summed E-state index contributed by atoms with van der Waals surface area (Å²) in [4.78, 5) is 14.1. The number of hydrogen-bond acceptors (Lipinski definition) is 11. The molecule has 3 aromatic rings. The van der Waals surface area contributed by atoms with Crippen molar-refractivity contribution in [2.24, 2.45) is 0 Å². The van der Waals surface area contributed by atoms with Gasteiger partial charge in [-0.1, -0.05) is 16.3 Å². The first-order valence-electron chi connectivity index (χ1n) is 11.1. The van der Waals surface area contributed by atoms with Crippen LogP contribution in [0, 0.1) is 17.0 Å². The summed E-state index contributed by atoms with van der Waals surface area (Å²) >= 11 is 0. The molecule has 0 bridgehead atoms. The molecule has 2 heterocycles. The Morgan fingerprint density at radius 2 is 1.86 bits per heavy atom. The van der Waals surface area contributed by atoms with Gasteiger partial charge in [-0.3, -0.25) is 4.18 Å². The lowest BCUT2D eigenvalue weighted by atomic mass is 10.2. The zero-order valence-electron chi connectivity index (χ0n) is 20.0. The second kappa shape index (κ2) is 13.1. The second-order valence-corrected chi connectivity index (χ2v) is 9.05. The van der Waals surface area contributed by atoms with E-state index in [0.29, 0.717) is 32.1 Å². The lowest BCUT2D eigenvalue weighted by Crippen LogP contribution is -2.14. The van der Waals surface area contributed by atoms with Crippen LogP contribution in [0.25, 0.3) is 0 Å². The molecular formula is C21H28N6O8S. The van der Waals surface area contributed by atoms with E-state index < -0.39 is 15.0 Å². The van der Waals surface area contributed by atoms with Crippen molar-refractivity contribution in [2.45, 2.75) is 31.8 Å². The van der Waals surface area contributed by atoms with Crippen LogP contribution >= 0.6 is 0 Å². The van der Waals surface area contributed by atoms with Crippen LogP contribution in [-0.4, -0.2) is 77.5 Å². The molecule has 0 amide bonds. The summed E-state index contributed by atoms with van der Waals surface area (Å²) in [6.07, 6.45) is 4.55. The maximum absolute atomic E-state index is 12.2. The molecule has 3 rings (SSSR count). The van der Waals surface area contributed by atoms with Gasteiger partial charge in [-0.2, -0.15) is 8.42 Å². The topological polar surface area (TPSA) is 163 Å². The first-order chi connectivity index (χ1) is 17.3. The van der Waals surface area contributed by atoms with Crippen LogP contribution in [0.4, 0.5) is 5.95 Å². The van der Waals surface area contributed by atoms with Crippen LogP contribution in [0.3, 0.4) is 0 Å². The summed E-state index contributed by atoms with van der Waals surface area (Å²) < 4.78 is 48.9. The molecule has 2 aromatic heterocycles. The van der Waals surface area contributed by atoms with Crippen molar-refractivity contribution in [2.75, 3.05) is 39.6 Å². The summed E-state index contributed by atoms with van der Waals surface area (Å²) in [6, 6.07) is 4.78. The fraction of sp³-hybridized carbons (Fsp3) is 0.476. The lowest BCUT2D eigenvalue weighted by molar-refractivity contribution is -0.396. The zero-order chi connectivity index (χ0) is 26.0. The van der Waals surface area contributed by atoms with E-state index in [1.165, 1.54) is 23.0 Å². The van der Waals surface area contributed by atoms with Crippen molar-refractivity contribution < 1.29 is 31.7 Å². The van der Waals surface area contributed by atoms with Gasteiger partial charge in [0.05, 0.1) is 45.8 Å². The highest BCUT2D eigenvalue weighted by Gasteiger charge is 2.20. The standard InChI is InChI=1S/C21H28N6O8S/c1-3-35-36(30,31)20-5-4-17(2)14-19(20)34-13-12-33-11-10-32-9-8-26-16-18(23-24-26)15-25-7-6-22-21(25)27(28)29/h4-7,14,16H,3,8-13,15H2,1-2H3. The van der Waals surface area contributed by atoms with E-state index in [1.807, 2.05) is 6.92 Å². The van der Waals surface area contributed by atoms with Gasteiger partial charge < -0.3 is 24.3 Å². The molecule has 14 nitrogen and oxygen atoms in total. The molecule has 0 saturated heterocycles. The van der Waals surface area contributed by atoms with E-state index in [4.69, 9.17) is 18.4 Å². The van der Waals surface area contributed by atoms with Crippen LogP contribution in [0.1, 0.15) is 18.2 Å². The van der Waals surface area contributed by atoms with Crippen LogP contribution < -0.4 is 4.74 Å². The first-order valence-corrected chi connectivity index (χ1v) is 12.5. The van der Waals surface area contributed by atoms with E-state index in [9.17, 15) is 18.5 Å². The normalized spacial score (nSPS) is 11.6. The Morgan fingerprint density at radius 1 is 1.11 bits per heavy atom. The number of imidazole rings is 1. The molecule has 0 spiro atoms. The van der Waals surface area contributed by atoms with Gasteiger partial charge in [-0.15, -0.1) is 5.10 Å². The maximum Gasteiger partial charge on any atom is 0.434 e. The number of aryl methyl sites for hydroxylation is 1. The fourth-order valence-corrected chi connectivity index (χ4v) is 4.17.